The van der Waals surface area contributed by atoms with E-state index in [2.05, 4.69) is 44.6 Å². The number of amides is 1. The summed E-state index contributed by atoms with van der Waals surface area (Å²) in [4.78, 5) is 21.4. The lowest BCUT2D eigenvalue weighted by molar-refractivity contribution is 0.0784. The number of pyridine rings is 1. The number of aryl methyl sites for hydroxylation is 2. The quantitative estimate of drug-likeness (QED) is 0.708. The van der Waals surface area contributed by atoms with Crippen LogP contribution in [0.25, 0.3) is 0 Å². The zero-order chi connectivity index (χ0) is 21.1. The molecule has 1 N–H and O–H groups in total. The van der Waals surface area contributed by atoms with Crippen molar-refractivity contribution in [1.82, 2.24) is 25.0 Å². The topological polar surface area (TPSA) is 66.3 Å². The molecule has 1 atom stereocenters. The average molecular weight is 405 g/mol. The minimum absolute atomic E-state index is 0.0419. The molecule has 7 nitrogen and oxygen atoms in total. The molecule has 1 unspecified atom stereocenters. The first kappa shape index (κ1) is 20.1. The smallest absolute Gasteiger partial charge is 0.255 e. The summed E-state index contributed by atoms with van der Waals surface area (Å²) in [5, 5.41) is 7.92. The Morgan fingerprint density at radius 1 is 1.23 bits per heavy atom. The second-order valence-electron chi connectivity index (χ2n) is 7.84. The SMILES string of the molecule is Cc1nn(C)cc1CN(C)C(=O)c1ccc(N2CCNC(c3ccccc3)C2)nc1. The van der Waals surface area contributed by atoms with Gasteiger partial charge >= 0.3 is 0 Å². The van der Waals surface area contributed by atoms with Crippen molar-refractivity contribution in [3.8, 4) is 0 Å². The summed E-state index contributed by atoms with van der Waals surface area (Å²) in [5.41, 5.74) is 3.86. The van der Waals surface area contributed by atoms with Crippen LogP contribution in [-0.2, 0) is 13.6 Å². The van der Waals surface area contributed by atoms with Crippen LogP contribution in [-0.4, -0.2) is 52.3 Å². The number of hydrogen-bond acceptors (Lipinski definition) is 5. The molecule has 0 saturated carbocycles. The van der Waals surface area contributed by atoms with Gasteiger partial charge < -0.3 is 15.1 Å². The van der Waals surface area contributed by atoms with Crippen molar-refractivity contribution in [3.05, 3.63) is 77.2 Å². The van der Waals surface area contributed by atoms with E-state index in [9.17, 15) is 4.79 Å². The second kappa shape index (κ2) is 8.67. The highest BCUT2D eigenvalue weighted by atomic mass is 16.2. The molecule has 1 aliphatic heterocycles. The van der Waals surface area contributed by atoms with E-state index >= 15 is 0 Å². The molecule has 1 aliphatic rings. The number of nitrogens with one attached hydrogen (secondary N) is 1. The van der Waals surface area contributed by atoms with Crippen molar-refractivity contribution in [2.75, 3.05) is 31.6 Å². The van der Waals surface area contributed by atoms with Gasteiger partial charge in [0.25, 0.3) is 5.91 Å². The van der Waals surface area contributed by atoms with Crippen molar-refractivity contribution in [3.63, 3.8) is 0 Å². The van der Waals surface area contributed by atoms with Crippen LogP contribution < -0.4 is 10.2 Å². The molecule has 4 rings (SSSR count). The molecular formula is C23H28N6O. The lowest BCUT2D eigenvalue weighted by Crippen LogP contribution is -2.46. The Bertz CT molecular complexity index is 998. The third kappa shape index (κ3) is 4.36. The molecule has 156 valence electrons. The van der Waals surface area contributed by atoms with Gasteiger partial charge in [0.2, 0.25) is 0 Å². The molecule has 1 aromatic carbocycles. The first-order valence-corrected chi connectivity index (χ1v) is 10.2. The number of carbonyl (C=O) groups is 1. The first-order chi connectivity index (χ1) is 14.5. The van der Waals surface area contributed by atoms with Crippen LogP contribution in [0, 0.1) is 6.92 Å². The minimum atomic E-state index is -0.0419. The Morgan fingerprint density at radius 2 is 2.03 bits per heavy atom. The summed E-state index contributed by atoms with van der Waals surface area (Å²) in [5.74, 6) is 0.861. The second-order valence-corrected chi connectivity index (χ2v) is 7.84. The number of hydrogen-bond donors (Lipinski definition) is 1. The molecule has 30 heavy (non-hydrogen) atoms. The number of carbonyl (C=O) groups excluding carboxylic acids is 1. The Balaban J connectivity index is 1.42. The summed E-state index contributed by atoms with van der Waals surface area (Å²) >= 11 is 0. The van der Waals surface area contributed by atoms with Crippen molar-refractivity contribution in [2.45, 2.75) is 19.5 Å². The molecular weight excluding hydrogens is 376 g/mol. The number of aromatic nitrogens is 3. The van der Waals surface area contributed by atoms with Gasteiger partial charge in [0.05, 0.1) is 11.3 Å². The van der Waals surface area contributed by atoms with E-state index in [0.717, 1.165) is 36.7 Å². The maximum atomic E-state index is 12.8. The fraction of sp³-hybridized carbons (Fsp3) is 0.348. The number of nitrogens with zero attached hydrogens (tertiary/aromatic N) is 5. The van der Waals surface area contributed by atoms with Gasteiger partial charge in [0.1, 0.15) is 5.82 Å². The van der Waals surface area contributed by atoms with Gasteiger partial charge in [-0.3, -0.25) is 9.48 Å². The summed E-state index contributed by atoms with van der Waals surface area (Å²) in [6, 6.07) is 14.6. The molecule has 3 heterocycles. The van der Waals surface area contributed by atoms with E-state index in [1.165, 1.54) is 5.56 Å². The Morgan fingerprint density at radius 3 is 2.70 bits per heavy atom. The Labute approximate surface area is 177 Å². The highest BCUT2D eigenvalue weighted by Gasteiger charge is 2.22. The fourth-order valence-corrected chi connectivity index (χ4v) is 3.92. The largest absolute Gasteiger partial charge is 0.353 e. The van der Waals surface area contributed by atoms with Crippen LogP contribution in [0.4, 0.5) is 5.82 Å². The van der Waals surface area contributed by atoms with Crippen LogP contribution in [0.15, 0.2) is 54.9 Å². The number of piperazine rings is 1. The molecule has 3 aromatic rings. The van der Waals surface area contributed by atoms with Crippen molar-refractivity contribution in [2.24, 2.45) is 7.05 Å². The number of anilines is 1. The van der Waals surface area contributed by atoms with Crippen molar-refractivity contribution < 1.29 is 4.79 Å². The van der Waals surface area contributed by atoms with Crippen LogP contribution in [0.5, 0.6) is 0 Å². The third-order valence-corrected chi connectivity index (χ3v) is 5.57. The maximum Gasteiger partial charge on any atom is 0.255 e. The molecule has 0 aliphatic carbocycles. The molecule has 2 aromatic heterocycles. The summed E-state index contributed by atoms with van der Waals surface area (Å²) in [6.45, 7) is 5.13. The maximum absolute atomic E-state index is 12.8. The van der Waals surface area contributed by atoms with E-state index in [1.54, 1.807) is 15.8 Å². The van der Waals surface area contributed by atoms with Gasteiger partial charge in [0, 0.05) is 64.3 Å². The van der Waals surface area contributed by atoms with Crippen LogP contribution >= 0.6 is 0 Å². The molecule has 7 heteroatoms. The predicted octanol–water partition coefficient (Wildman–Crippen LogP) is 2.55. The monoisotopic (exact) mass is 404 g/mol. The minimum Gasteiger partial charge on any atom is -0.353 e. The zero-order valence-corrected chi connectivity index (χ0v) is 17.7. The Kier molecular flexibility index (Phi) is 5.81. The molecule has 0 spiro atoms. The van der Waals surface area contributed by atoms with E-state index in [-0.39, 0.29) is 11.9 Å². The lowest BCUT2D eigenvalue weighted by atomic mass is 10.0. The molecule has 1 fully saturated rings. The van der Waals surface area contributed by atoms with E-state index in [0.29, 0.717) is 12.1 Å². The highest BCUT2D eigenvalue weighted by molar-refractivity contribution is 5.93. The molecule has 0 bridgehead atoms. The van der Waals surface area contributed by atoms with Gasteiger partial charge in [-0.05, 0) is 24.6 Å². The normalized spacial score (nSPS) is 16.5. The van der Waals surface area contributed by atoms with E-state index in [4.69, 9.17) is 0 Å². The zero-order valence-electron chi connectivity index (χ0n) is 17.7. The molecule has 1 amide bonds. The van der Waals surface area contributed by atoms with Gasteiger partial charge in [-0.15, -0.1) is 0 Å². The van der Waals surface area contributed by atoms with Gasteiger partial charge in [-0.2, -0.15) is 5.10 Å². The van der Waals surface area contributed by atoms with Crippen molar-refractivity contribution in [1.29, 1.82) is 0 Å². The summed E-state index contributed by atoms with van der Waals surface area (Å²) in [7, 11) is 3.70. The van der Waals surface area contributed by atoms with Crippen LogP contribution in [0.2, 0.25) is 0 Å². The standard InChI is InChI=1S/C23H28N6O/c1-17-20(15-28(3)26-17)14-27(2)23(30)19-9-10-22(25-13-19)29-12-11-24-21(16-29)18-7-5-4-6-8-18/h4-10,13,15,21,24H,11-12,14,16H2,1-3H3. The Hall–Kier alpha value is -3.19. The van der Waals surface area contributed by atoms with Crippen LogP contribution in [0.3, 0.4) is 0 Å². The number of rotatable bonds is 5. The summed E-state index contributed by atoms with van der Waals surface area (Å²) in [6.07, 6.45) is 3.64. The van der Waals surface area contributed by atoms with Crippen LogP contribution in [0.1, 0.15) is 33.2 Å². The summed E-state index contributed by atoms with van der Waals surface area (Å²) < 4.78 is 1.77. The fourth-order valence-electron chi connectivity index (χ4n) is 3.92. The van der Waals surface area contributed by atoms with Gasteiger partial charge in [-0.1, -0.05) is 30.3 Å². The molecule has 0 radical (unpaired) electrons. The van der Waals surface area contributed by atoms with Crippen molar-refractivity contribution >= 4 is 11.7 Å². The lowest BCUT2D eigenvalue weighted by Gasteiger charge is -2.34. The van der Waals surface area contributed by atoms with Gasteiger partial charge in [0.15, 0.2) is 0 Å². The highest BCUT2D eigenvalue weighted by Crippen LogP contribution is 2.21. The molecule has 1 saturated heterocycles. The first-order valence-electron chi connectivity index (χ1n) is 10.2. The van der Waals surface area contributed by atoms with E-state index in [1.807, 2.05) is 45.4 Å². The van der Waals surface area contributed by atoms with Gasteiger partial charge in [-0.25, -0.2) is 4.98 Å². The third-order valence-electron chi connectivity index (χ3n) is 5.57. The number of benzene rings is 1. The predicted molar refractivity (Wildman–Crippen MR) is 117 cm³/mol. The average Bonchev–Trinajstić information content (AvgIpc) is 3.10. The van der Waals surface area contributed by atoms with E-state index < -0.39 is 0 Å².